The zero-order valence-electron chi connectivity index (χ0n) is 14.3. The van der Waals surface area contributed by atoms with Crippen molar-refractivity contribution in [3.05, 3.63) is 48.0 Å². The van der Waals surface area contributed by atoms with Crippen molar-refractivity contribution in [3.63, 3.8) is 0 Å². The summed E-state index contributed by atoms with van der Waals surface area (Å²) in [6.45, 7) is 2.35. The number of fused-ring (bicyclic) bond motifs is 1. The molecule has 2 aromatic carbocycles. The van der Waals surface area contributed by atoms with Crippen molar-refractivity contribution < 1.29 is 27.7 Å². The van der Waals surface area contributed by atoms with Gasteiger partial charge in [-0.05, 0) is 29.3 Å². The third kappa shape index (κ3) is 8.31. The molecule has 4 N–H and O–H groups in total. The van der Waals surface area contributed by atoms with E-state index < -0.39 is 22.2 Å². The largest absolute Gasteiger partial charge is 0.464 e. The fourth-order valence-electron chi connectivity index (χ4n) is 2.04. The average molecular weight is 383 g/mol. The molecule has 0 radical (unpaired) electrons. The minimum Gasteiger partial charge on any atom is -0.464 e. The van der Waals surface area contributed by atoms with Gasteiger partial charge < -0.3 is 10.4 Å². The zero-order valence-corrected chi connectivity index (χ0v) is 15.2. The van der Waals surface area contributed by atoms with E-state index in [-0.39, 0.29) is 6.54 Å². The highest BCUT2D eigenvalue weighted by Crippen LogP contribution is 2.16. The summed E-state index contributed by atoms with van der Waals surface area (Å²) >= 11 is 0. The molecule has 0 spiro atoms. The van der Waals surface area contributed by atoms with Gasteiger partial charge in [-0.1, -0.05) is 36.4 Å². The summed E-state index contributed by atoms with van der Waals surface area (Å²) in [4.78, 5) is 22.6. The van der Waals surface area contributed by atoms with Gasteiger partial charge in [-0.2, -0.15) is 8.42 Å². The van der Waals surface area contributed by atoms with Gasteiger partial charge >= 0.3 is 12.1 Å². The molecule has 0 unspecified atom stereocenters. The number of amides is 3. The Balaban J connectivity index is 0.000000597. The van der Waals surface area contributed by atoms with Crippen LogP contribution in [0.3, 0.4) is 0 Å². The lowest BCUT2D eigenvalue weighted by Crippen LogP contribution is -2.49. The quantitative estimate of drug-likeness (QED) is 0.473. The molecule has 0 fully saturated rings. The van der Waals surface area contributed by atoms with Crippen LogP contribution in [0, 0.1) is 0 Å². The first-order chi connectivity index (χ1) is 12.1. The molecule has 0 atom stereocenters. The molecule has 3 amide bonds. The Bertz CT molecular complexity index is 861. The molecule has 26 heavy (non-hydrogen) atoms. The maximum Gasteiger partial charge on any atom is 0.423 e. The van der Waals surface area contributed by atoms with Gasteiger partial charge in [0, 0.05) is 6.54 Å². The molecule has 0 bridgehead atoms. The van der Waals surface area contributed by atoms with Crippen molar-refractivity contribution in [1.29, 1.82) is 0 Å². The van der Waals surface area contributed by atoms with Crippen LogP contribution in [0.15, 0.2) is 42.5 Å². The first-order valence-electron chi connectivity index (χ1n) is 7.55. The van der Waals surface area contributed by atoms with E-state index in [4.69, 9.17) is 9.66 Å². The lowest BCUT2D eigenvalue weighted by atomic mass is 10.1. The van der Waals surface area contributed by atoms with E-state index in [0.29, 0.717) is 12.8 Å². The Hall–Kier alpha value is -2.85. The summed E-state index contributed by atoms with van der Waals surface area (Å²) in [5.41, 5.74) is 2.94. The van der Waals surface area contributed by atoms with Gasteiger partial charge in [0.1, 0.15) is 0 Å². The summed E-state index contributed by atoms with van der Waals surface area (Å²) in [6, 6.07) is 13.1. The molecule has 0 heterocycles. The van der Waals surface area contributed by atoms with Gasteiger partial charge in [0.05, 0.1) is 12.8 Å². The second kappa shape index (κ2) is 9.59. The van der Waals surface area contributed by atoms with E-state index in [1.807, 2.05) is 42.5 Å². The second-order valence-electron chi connectivity index (χ2n) is 5.25. The molecular formula is C16H21N3O6S. The lowest BCUT2D eigenvalue weighted by molar-refractivity contribution is 0.139. The minimum absolute atomic E-state index is 0.156. The van der Waals surface area contributed by atoms with Crippen LogP contribution in [0.1, 0.15) is 12.5 Å². The molecular weight excluding hydrogens is 362 g/mol. The van der Waals surface area contributed by atoms with E-state index in [9.17, 15) is 18.0 Å². The van der Waals surface area contributed by atoms with Gasteiger partial charge in [-0.3, -0.25) is 4.55 Å². The number of urea groups is 1. The summed E-state index contributed by atoms with van der Waals surface area (Å²) in [5, 5.41) is 14.6. The number of hydrogen-bond donors (Lipinski definition) is 4. The molecule has 0 saturated heterocycles. The van der Waals surface area contributed by atoms with Crippen LogP contribution in [0.5, 0.6) is 0 Å². The topological polar surface area (TPSA) is 136 Å². The Morgan fingerprint density at radius 3 is 2.23 bits per heavy atom. The van der Waals surface area contributed by atoms with Crippen LogP contribution in [-0.2, 0) is 16.7 Å². The van der Waals surface area contributed by atoms with Crippen molar-refractivity contribution in [1.82, 2.24) is 15.8 Å². The highest BCUT2D eigenvalue weighted by Gasteiger charge is 2.15. The lowest BCUT2D eigenvalue weighted by Gasteiger charge is -2.22. The molecule has 10 heteroatoms. The number of rotatable bonds is 3. The monoisotopic (exact) mass is 383 g/mol. The number of carbonyl (C=O) groups excluding carboxylic acids is 1. The molecule has 0 aromatic heterocycles. The zero-order chi connectivity index (χ0) is 19.7. The maximum atomic E-state index is 11.8. The number of hydrogen-bond acceptors (Lipinski definition) is 4. The second-order valence-corrected chi connectivity index (χ2v) is 6.72. The van der Waals surface area contributed by atoms with Gasteiger partial charge in [-0.25, -0.2) is 20.0 Å². The first-order valence-corrected chi connectivity index (χ1v) is 9.40. The Kier molecular flexibility index (Phi) is 7.81. The summed E-state index contributed by atoms with van der Waals surface area (Å²) in [5.74, 6) is 0. The standard InChI is InChI=1S/C15H17N3O3.CH4O3S/c1-2-16-14(19)18(17-15(20)21)10-11-7-8-12-5-3-4-6-13(12)9-11;1-5(2,3)4/h3-9,17H,2,10H2,1H3,(H,16,19)(H,20,21);1H3,(H,2,3,4). The van der Waals surface area contributed by atoms with Crippen LogP contribution in [-0.4, -0.2) is 48.0 Å². The van der Waals surface area contributed by atoms with Crippen molar-refractivity contribution in [2.24, 2.45) is 0 Å². The fraction of sp³-hybridized carbons (Fsp3) is 0.250. The van der Waals surface area contributed by atoms with Crippen LogP contribution in [0.4, 0.5) is 9.59 Å². The minimum atomic E-state index is -3.67. The molecule has 2 aromatic rings. The SMILES string of the molecule is CCNC(=O)N(Cc1ccc2ccccc2c1)NC(=O)O.CS(=O)(=O)O. The number of carboxylic acid groups (broad SMARTS) is 1. The molecule has 0 saturated carbocycles. The molecule has 9 nitrogen and oxygen atoms in total. The van der Waals surface area contributed by atoms with Crippen molar-refractivity contribution in [2.75, 3.05) is 12.8 Å². The van der Waals surface area contributed by atoms with Crippen molar-refractivity contribution in [3.8, 4) is 0 Å². The van der Waals surface area contributed by atoms with Crippen LogP contribution in [0.2, 0.25) is 0 Å². The molecule has 0 aliphatic heterocycles. The summed E-state index contributed by atoms with van der Waals surface area (Å²) < 4.78 is 25.9. The van der Waals surface area contributed by atoms with Crippen molar-refractivity contribution >= 4 is 33.0 Å². The smallest absolute Gasteiger partial charge is 0.423 e. The average Bonchev–Trinajstić information content (AvgIpc) is 2.52. The van der Waals surface area contributed by atoms with Crippen LogP contribution >= 0.6 is 0 Å². The third-order valence-electron chi connectivity index (χ3n) is 2.96. The van der Waals surface area contributed by atoms with E-state index in [0.717, 1.165) is 21.3 Å². The van der Waals surface area contributed by atoms with E-state index >= 15 is 0 Å². The summed E-state index contributed by atoms with van der Waals surface area (Å²) in [6.07, 6.45) is -0.561. The van der Waals surface area contributed by atoms with Gasteiger partial charge in [-0.15, -0.1) is 0 Å². The number of hydrazine groups is 1. The van der Waals surface area contributed by atoms with E-state index in [1.54, 1.807) is 6.92 Å². The molecule has 142 valence electrons. The number of carbonyl (C=O) groups is 2. The molecule has 0 aliphatic rings. The Morgan fingerprint density at radius 2 is 1.69 bits per heavy atom. The Morgan fingerprint density at radius 1 is 1.12 bits per heavy atom. The molecule has 0 aliphatic carbocycles. The number of nitrogens with one attached hydrogen (secondary N) is 2. The van der Waals surface area contributed by atoms with E-state index in [1.165, 1.54) is 0 Å². The Labute approximate surface area is 151 Å². The number of benzene rings is 2. The molecule has 2 rings (SSSR count). The van der Waals surface area contributed by atoms with Crippen molar-refractivity contribution in [2.45, 2.75) is 13.5 Å². The maximum absolute atomic E-state index is 11.8. The van der Waals surface area contributed by atoms with Gasteiger partial charge in [0.2, 0.25) is 0 Å². The first kappa shape index (κ1) is 21.2. The fourth-order valence-corrected chi connectivity index (χ4v) is 2.04. The highest BCUT2D eigenvalue weighted by atomic mass is 32.2. The number of nitrogens with zero attached hydrogens (tertiary/aromatic N) is 1. The van der Waals surface area contributed by atoms with Gasteiger partial charge in [0.15, 0.2) is 0 Å². The van der Waals surface area contributed by atoms with Gasteiger partial charge in [0.25, 0.3) is 10.1 Å². The van der Waals surface area contributed by atoms with Crippen LogP contribution in [0.25, 0.3) is 10.8 Å². The predicted molar refractivity (Wildman–Crippen MR) is 97.2 cm³/mol. The third-order valence-corrected chi connectivity index (χ3v) is 2.96. The normalized spacial score (nSPS) is 10.4. The predicted octanol–water partition coefficient (Wildman–Crippen LogP) is 2.06. The highest BCUT2D eigenvalue weighted by molar-refractivity contribution is 7.85. The van der Waals surface area contributed by atoms with E-state index in [2.05, 4.69) is 10.7 Å². The van der Waals surface area contributed by atoms with Crippen LogP contribution < -0.4 is 10.7 Å². The summed E-state index contributed by atoms with van der Waals surface area (Å²) in [7, 11) is -3.67.